The number of Topliss-reactive ketones (excluding diaryl/α,β-unsaturated/α-hetero) is 1. The van der Waals surface area contributed by atoms with Gasteiger partial charge < -0.3 is 5.32 Å². The Kier molecular flexibility index (Phi) is 4.84. The predicted octanol–water partition coefficient (Wildman–Crippen LogP) is 4.53. The summed E-state index contributed by atoms with van der Waals surface area (Å²) in [4.78, 5) is 25.3. The van der Waals surface area contributed by atoms with Crippen LogP contribution in [0.1, 0.15) is 54.7 Å². The summed E-state index contributed by atoms with van der Waals surface area (Å²) in [5.41, 5.74) is 3.31. The van der Waals surface area contributed by atoms with Crippen LogP contribution < -0.4 is 5.32 Å². The molecule has 4 rings (SSSR count). The van der Waals surface area contributed by atoms with Crippen LogP contribution in [-0.2, 0) is 16.0 Å². The molecule has 1 heterocycles. The lowest BCUT2D eigenvalue weighted by molar-refractivity contribution is -0.122. The lowest BCUT2D eigenvalue weighted by atomic mass is 9.73. The fourth-order valence-electron chi connectivity index (χ4n) is 4.27. The van der Waals surface area contributed by atoms with Crippen LogP contribution in [0.2, 0.25) is 0 Å². The summed E-state index contributed by atoms with van der Waals surface area (Å²) in [7, 11) is 0. The van der Waals surface area contributed by atoms with Crippen LogP contribution in [-0.4, -0.2) is 11.7 Å². The number of hydrogen-bond donors (Lipinski definition) is 1. The van der Waals surface area contributed by atoms with Crippen LogP contribution >= 0.6 is 0 Å². The van der Waals surface area contributed by atoms with Gasteiger partial charge in [-0.1, -0.05) is 31.2 Å². The maximum atomic E-state index is 14.3. The molecule has 0 radical (unpaired) electrons. The molecule has 28 heavy (non-hydrogen) atoms. The number of ketones is 1. The summed E-state index contributed by atoms with van der Waals surface area (Å²) >= 11 is 0. The summed E-state index contributed by atoms with van der Waals surface area (Å²) in [6.07, 6.45) is 1.69. The highest BCUT2D eigenvalue weighted by molar-refractivity contribution is 6.02. The van der Waals surface area contributed by atoms with Gasteiger partial charge in [0.15, 0.2) is 5.78 Å². The van der Waals surface area contributed by atoms with E-state index in [1.807, 2.05) is 24.3 Å². The van der Waals surface area contributed by atoms with Crippen LogP contribution in [0.15, 0.2) is 53.7 Å². The Morgan fingerprint density at radius 1 is 1.00 bits per heavy atom. The summed E-state index contributed by atoms with van der Waals surface area (Å²) in [5.74, 6) is -2.34. The number of amides is 1. The van der Waals surface area contributed by atoms with Crippen molar-refractivity contribution in [3.63, 3.8) is 0 Å². The molecule has 2 atom stereocenters. The van der Waals surface area contributed by atoms with Gasteiger partial charge in [-0.25, -0.2) is 8.78 Å². The van der Waals surface area contributed by atoms with Gasteiger partial charge in [-0.3, -0.25) is 9.59 Å². The van der Waals surface area contributed by atoms with Crippen molar-refractivity contribution in [2.75, 3.05) is 0 Å². The molecule has 3 nitrogen and oxygen atoms in total. The van der Waals surface area contributed by atoms with Gasteiger partial charge in [0, 0.05) is 30.0 Å². The van der Waals surface area contributed by atoms with Crippen molar-refractivity contribution in [3.8, 4) is 0 Å². The third-order valence-electron chi connectivity index (χ3n) is 5.73. The van der Waals surface area contributed by atoms with E-state index in [0.717, 1.165) is 30.2 Å². The van der Waals surface area contributed by atoms with Gasteiger partial charge in [-0.15, -0.1) is 0 Å². The van der Waals surface area contributed by atoms with Gasteiger partial charge in [0.05, 0.1) is 0 Å². The number of nitrogens with one attached hydrogen (secondary N) is 1. The molecule has 1 N–H and O–H groups in total. The Hall–Kier alpha value is -2.82. The van der Waals surface area contributed by atoms with E-state index in [0.29, 0.717) is 24.1 Å². The molecule has 2 aliphatic rings. The molecule has 0 saturated carbocycles. The second kappa shape index (κ2) is 7.30. The highest BCUT2D eigenvalue weighted by Crippen LogP contribution is 2.43. The minimum absolute atomic E-state index is 0.0337. The lowest BCUT2D eigenvalue weighted by Gasteiger charge is -2.34. The van der Waals surface area contributed by atoms with E-state index >= 15 is 0 Å². The zero-order valence-corrected chi connectivity index (χ0v) is 15.6. The molecule has 2 aromatic carbocycles. The Morgan fingerprint density at radius 2 is 1.75 bits per heavy atom. The van der Waals surface area contributed by atoms with E-state index < -0.39 is 17.6 Å². The van der Waals surface area contributed by atoms with Crippen molar-refractivity contribution in [1.82, 2.24) is 5.32 Å². The molecule has 0 fully saturated rings. The number of aryl methyl sites for hydroxylation is 1. The van der Waals surface area contributed by atoms with Crippen molar-refractivity contribution in [2.24, 2.45) is 0 Å². The van der Waals surface area contributed by atoms with Crippen LogP contribution in [0.4, 0.5) is 8.78 Å². The van der Waals surface area contributed by atoms with Crippen molar-refractivity contribution >= 4 is 11.7 Å². The first-order valence-electron chi connectivity index (χ1n) is 9.56. The Bertz CT molecular complexity index is 979. The van der Waals surface area contributed by atoms with Gasteiger partial charge in [-0.2, -0.15) is 0 Å². The normalized spacial score (nSPS) is 22.1. The Labute approximate surface area is 162 Å². The van der Waals surface area contributed by atoms with Gasteiger partial charge in [0.2, 0.25) is 5.91 Å². The molecule has 2 aromatic rings. The quantitative estimate of drug-likeness (QED) is 0.849. The lowest BCUT2D eigenvalue weighted by Crippen LogP contribution is -2.38. The predicted molar refractivity (Wildman–Crippen MR) is 102 cm³/mol. The van der Waals surface area contributed by atoms with Gasteiger partial charge in [-0.05, 0) is 53.6 Å². The number of benzene rings is 2. The van der Waals surface area contributed by atoms with Crippen molar-refractivity contribution in [3.05, 3.63) is 82.1 Å². The molecule has 0 aromatic heterocycles. The highest BCUT2D eigenvalue weighted by Gasteiger charge is 2.39. The van der Waals surface area contributed by atoms with Gasteiger partial charge in [0.1, 0.15) is 11.6 Å². The minimum Gasteiger partial charge on any atom is -0.329 e. The number of rotatable bonds is 3. The smallest absolute Gasteiger partial charge is 0.225 e. The number of carbonyl (C=O) groups excluding carboxylic acids is 2. The van der Waals surface area contributed by atoms with Crippen molar-refractivity contribution in [1.29, 1.82) is 0 Å². The first-order chi connectivity index (χ1) is 13.5. The molecular formula is C23H21F2NO2. The van der Waals surface area contributed by atoms with E-state index in [9.17, 15) is 18.4 Å². The standard InChI is InChI=1S/C23H21F2NO2/c1-2-13-3-5-14(6-4-13)15-9-20-23(21(27)10-15)18(12-22(28)26-20)17-11-16(24)7-8-19(17)25/h3-8,11,15,18H,2,9-10,12H2,1H3,(H,26,28). The summed E-state index contributed by atoms with van der Waals surface area (Å²) in [6, 6.07) is 11.3. The van der Waals surface area contributed by atoms with E-state index in [2.05, 4.69) is 12.2 Å². The Balaban J connectivity index is 1.71. The van der Waals surface area contributed by atoms with Crippen LogP contribution in [0, 0.1) is 11.6 Å². The number of halogens is 2. The first-order valence-corrected chi connectivity index (χ1v) is 9.56. The molecule has 1 aliphatic carbocycles. The number of carbonyl (C=O) groups is 2. The molecule has 0 bridgehead atoms. The highest BCUT2D eigenvalue weighted by atomic mass is 19.1. The van der Waals surface area contributed by atoms with Gasteiger partial charge in [0.25, 0.3) is 0 Å². The molecule has 1 aliphatic heterocycles. The van der Waals surface area contributed by atoms with Crippen LogP contribution in [0.25, 0.3) is 0 Å². The zero-order chi connectivity index (χ0) is 19.8. The van der Waals surface area contributed by atoms with Crippen LogP contribution in [0.5, 0.6) is 0 Å². The second-order valence-electron chi connectivity index (χ2n) is 7.49. The maximum absolute atomic E-state index is 14.3. The molecular weight excluding hydrogens is 360 g/mol. The van der Waals surface area contributed by atoms with E-state index in [-0.39, 0.29) is 29.6 Å². The summed E-state index contributed by atoms with van der Waals surface area (Å²) < 4.78 is 28.0. The number of allylic oxidation sites excluding steroid dienone is 2. The largest absolute Gasteiger partial charge is 0.329 e. The topological polar surface area (TPSA) is 46.2 Å². The van der Waals surface area contributed by atoms with E-state index in [1.165, 1.54) is 5.56 Å². The van der Waals surface area contributed by atoms with Crippen molar-refractivity contribution < 1.29 is 18.4 Å². The average molecular weight is 381 g/mol. The van der Waals surface area contributed by atoms with Crippen LogP contribution in [0.3, 0.4) is 0 Å². The molecule has 1 amide bonds. The van der Waals surface area contributed by atoms with E-state index in [1.54, 1.807) is 0 Å². The second-order valence-corrected chi connectivity index (χ2v) is 7.49. The molecule has 0 saturated heterocycles. The van der Waals surface area contributed by atoms with Crippen molar-refractivity contribution in [2.45, 2.75) is 44.4 Å². The fourth-order valence-corrected chi connectivity index (χ4v) is 4.27. The average Bonchev–Trinajstić information content (AvgIpc) is 2.69. The molecule has 144 valence electrons. The summed E-state index contributed by atoms with van der Waals surface area (Å²) in [5, 5.41) is 2.81. The fraction of sp³-hybridized carbons (Fsp3) is 0.304. The Morgan fingerprint density at radius 3 is 2.46 bits per heavy atom. The molecule has 5 heteroatoms. The molecule has 0 spiro atoms. The third kappa shape index (κ3) is 3.37. The third-order valence-corrected chi connectivity index (χ3v) is 5.73. The zero-order valence-electron chi connectivity index (χ0n) is 15.6. The monoisotopic (exact) mass is 381 g/mol. The summed E-state index contributed by atoms with van der Waals surface area (Å²) in [6.45, 7) is 2.08. The number of hydrogen-bond acceptors (Lipinski definition) is 2. The first kappa shape index (κ1) is 18.5. The molecule has 2 unspecified atom stereocenters. The van der Waals surface area contributed by atoms with E-state index in [4.69, 9.17) is 0 Å². The maximum Gasteiger partial charge on any atom is 0.225 e. The minimum atomic E-state index is -0.740. The SMILES string of the molecule is CCc1ccc(C2CC(=O)C3=C(C2)NC(=O)CC3c2cc(F)ccc2F)cc1. The van der Waals surface area contributed by atoms with Gasteiger partial charge >= 0.3 is 0 Å².